The molecule has 1 fully saturated rings. The van der Waals surface area contributed by atoms with Crippen LogP contribution in [-0.2, 0) is 18.9 Å². The number of rotatable bonds is 12. The Labute approximate surface area is 141 Å². The predicted molar refractivity (Wildman–Crippen MR) is 90.5 cm³/mol. The van der Waals surface area contributed by atoms with Crippen LogP contribution in [-0.4, -0.2) is 56.6 Å². The van der Waals surface area contributed by atoms with Crippen molar-refractivity contribution in [1.29, 1.82) is 0 Å². The summed E-state index contributed by atoms with van der Waals surface area (Å²) in [6.07, 6.45) is 5.41. The van der Waals surface area contributed by atoms with E-state index in [9.17, 15) is 5.11 Å². The molecule has 0 radical (unpaired) electrons. The zero-order valence-corrected chi connectivity index (χ0v) is 15.4. The lowest BCUT2D eigenvalue weighted by molar-refractivity contribution is -0.317. The van der Waals surface area contributed by atoms with E-state index in [1.807, 2.05) is 0 Å². The first-order valence-corrected chi connectivity index (χ1v) is 9.15. The highest BCUT2D eigenvalue weighted by molar-refractivity contribution is 4.89. The number of hydrogen-bond donors (Lipinski definition) is 1. The molecule has 0 aromatic rings. The molecular weight excluding hydrogens is 296 g/mol. The van der Waals surface area contributed by atoms with Gasteiger partial charge in [0.25, 0.3) is 0 Å². The first-order valence-electron chi connectivity index (χ1n) is 9.15. The monoisotopic (exact) mass is 332 g/mol. The molecule has 23 heavy (non-hydrogen) atoms. The minimum Gasteiger partial charge on any atom is -0.396 e. The predicted octanol–water partition coefficient (Wildman–Crippen LogP) is 3.14. The summed E-state index contributed by atoms with van der Waals surface area (Å²) in [5, 5.41) is 9.35. The molecule has 1 rings (SSSR count). The van der Waals surface area contributed by atoms with Crippen LogP contribution >= 0.6 is 0 Å². The van der Waals surface area contributed by atoms with Crippen LogP contribution in [0.1, 0.15) is 59.3 Å². The SMILES string of the molecule is CCCCOC[C@H]1O[C@](CCO)(OC)C[C@@H](C)[C@@H]1OCCCC. The molecule has 0 bridgehead atoms. The molecule has 0 saturated carbocycles. The van der Waals surface area contributed by atoms with Gasteiger partial charge in [-0.1, -0.05) is 33.6 Å². The van der Waals surface area contributed by atoms with Crippen molar-refractivity contribution in [2.75, 3.05) is 33.5 Å². The largest absolute Gasteiger partial charge is 0.396 e. The number of hydrogen-bond acceptors (Lipinski definition) is 5. The molecule has 0 aliphatic carbocycles. The summed E-state index contributed by atoms with van der Waals surface area (Å²) < 4.78 is 23.7. The van der Waals surface area contributed by atoms with Gasteiger partial charge in [0.15, 0.2) is 5.79 Å². The molecule has 1 aliphatic rings. The van der Waals surface area contributed by atoms with Crippen LogP contribution < -0.4 is 0 Å². The summed E-state index contributed by atoms with van der Waals surface area (Å²) in [5.41, 5.74) is 0. The summed E-state index contributed by atoms with van der Waals surface area (Å²) in [6, 6.07) is 0. The van der Waals surface area contributed by atoms with E-state index in [0.29, 0.717) is 18.9 Å². The quantitative estimate of drug-likeness (QED) is 0.556. The van der Waals surface area contributed by atoms with E-state index in [-0.39, 0.29) is 18.8 Å². The van der Waals surface area contributed by atoms with Gasteiger partial charge in [0.1, 0.15) is 6.10 Å². The van der Waals surface area contributed by atoms with Crippen molar-refractivity contribution in [2.45, 2.75) is 77.3 Å². The summed E-state index contributed by atoms with van der Waals surface area (Å²) in [6.45, 7) is 8.53. The summed E-state index contributed by atoms with van der Waals surface area (Å²) in [7, 11) is 1.65. The minimum absolute atomic E-state index is 0.0187. The maximum atomic E-state index is 9.35. The van der Waals surface area contributed by atoms with Crippen molar-refractivity contribution in [1.82, 2.24) is 0 Å². The van der Waals surface area contributed by atoms with E-state index in [1.165, 1.54) is 0 Å². The Bertz CT molecular complexity index is 299. The van der Waals surface area contributed by atoms with Gasteiger partial charge in [-0.05, 0) is 18.8 Å². The maximum absolute atomic E-state index is 9.35. The van der Waals surface area contributed by atoms with Gasteiger partial charge in [-0.2, -0.15) is 0 Å². The summed E-state index contributed by atoms with van der Waals surface area (Å²) >= 11 is 0. The minimum atomic E-state index is -0.725. The van der Waals surface area contributed by atoms with Crippen LogP contribution in [0.2, 0.25) is 0 Å². The average molecular weight is 332 g/mol. The fourth-order valence-corrected chi connectivity index (χ4v) is 3.14. The Morgan fingerprint density at radius 1 is 1.17 bits per heavy atom. The zero-order chi connectivity index (χ0) is 17.1. The molecule has 4 atom stereocenters. The van der Waals surface area contributed by atoms with Crippen molar-refractivity contribution in [3.05, 3.63) is 0 Å². The topological polar surface area (TPSA) is 57.2 Å². The van der Waals surface area contributed by atoms with Gasteiger partial charge in [-0.3, -0.25) is 0 Å². The molecule has 5 heteroatoms. The number of aliphatic hydroxyl groups is 1. The van der Waals surface area contributed by atoms with Crippen molar-refractivity contribution < 1.29 is 24.1 Å². The standard InChI is InChI=1S/C18H36O5/c1-5-7-11-21-14-16-17(22-12-8-6-2)15(3)13-18(20-4,23-16)9-10-19/h15-17,19H,5-14H2,1-4H3/t15-,16-,17+,18+/m1/s1. The Morgan fingerprint density at radius 3 is 2.48 bits per heavy atom. The van der Waals surface area contributed by atoms with Gasteiger partial charge >= 0.3 is 0 Å². The second kappa shape index (κ2) is 11.4. The lowest BCUT2D eigenvalue weighted by Crippen LogP contribution is -2.55. The molecule has 1 aliphatic heterocycles. The Kier molecular flexibility index (Phi) is 10.3. The van der Waals surface area contributed by atoms with Crippen LogP contribution in [0.25, 0.3) is 0 Å². The highest BCUT2D eigenvalue weighted by atomic mass is 16.7. The van der Waals surface area contributed by atoms with E-state index < -0.39 is 5.79 Å². The molecule has 0 amide bonds. The van der Waals surface area contributed by atoms with Gasteiger partial charge in [0.2, 0.25) is 0 Å². The van der Waals surface area contributed by atoms with Gasteiger partial charge in [0.05, 0.1) is 12.7 Å². The first kappa shape index (κ1) is 20.8. The number of aliphatic hydroxyl groups excluding tert-OH is 1. The molecule has 0 aromatic carbocycles. The number of unbranched alkanes of at least 4 members (excludes halogenated alkanes) is 2. The Morgan fingerprint density at radius 2 is 1.87 bits per heavy atom. The fraction of sp³-hybridized carbons (Fsp3) is 1.00. The van der Waals surface area contributed by atoms with Crippen LogP contribution in [0.5, 0.6) is 0 Å². The third kappa shape index (κ3) is 6.67. The second-order valence-electron chi connectivity index (χ2n) is 6.54. The second-order valence-corrected chi connectivity index (χ2v) is 6.54. The first-order chi connectivity index (χ1) is 11.1. The number of ether oxygens (including phenoxy) is 4. The van der Waals surface area contributed by atoms with Crippen LogP contribution in [0, 0.1) is 5.92 Å². The molecule has 1 heterocycles. The summed E-state index contributed by atoms with van der Waals surface area (Å²) in [4.78, 5) is 0. The number of methoxy groups -OCH3 is 1. The van der Waals surface area contributed by atoms with Crippen LogP contribution in [0.4, 0.5) is 0 Å². The zero-order valence-electron chi connectivity index (χ0n) is 15.4. The Balaban J connectivity index is 2.69. The van der Waals surface area contributed by atoms with Crippen molar-refractivity contribution in [2.24, 2.45) is 5.92 Å². The lowest BCUT2D eigenvalue weighted by atomic mass is 9.87. The molecular formula is C18H36O5. The molecule has 0 unspecified atom stereocenters. The molecule has 0 spiro atoms. The van der Waals surface area contributed by atoms with E-state index in [0.717, 1.165) is 45.3 Å². The Hall–Kier alpha value is -0.200. The van der Waals surface area contributed by atoms with Crippen molar-refractivity contribution in [3.63, 3.8) is 0 Å². The van der Waals surface area contributed by atoms with Crippen LogP contribution in [0.15, 0.2) is 0 Å². The molecule has 1 N–H and O–H groups in total. The fourth-order valence-electron chi connectivity index (χ4n) is 3.14. The molecule has 1 saturated heterocycles. The van der Waals surface area contributed by atoms with Gasteiger partial charge in [0, 0.05) is 39.8 Å². The highest BCUT2D eigenvalue weighted by Crippen LogP contribution is 2.37. The summed E-state index contributed by atoms with van der Waals surface area (Å²) in [5.74, 6) is -0.427. The normalized spacial score (nSPS) is 31.4. The average Bonchev–Trinajstić information content (AvgIpc) is 2.54. The molecule has 138 valence electrons. The van der Waals surface area contributed by atoms with Crippen LogP contribution in [0.3, 0.4) is 0 Å². The molecule has 5 nitrogen and oxygen atoms in total. The van der Waals surface area contributed by atoms with Crippen molar-refractivity contribution >= 4 is 0 Å². The van der Waals surface area contributed by atoms with Gasteiger partial charge < -0.3 is 24.1 Å². The maximum Gasteiger partial charge on any atom is 0.171 e. The van der Waals surface area contributed by atoms with Gasteiger partial charge in [-0.15, -0.1) is 0 Å². The third-order valence-electron chi connectivity index (χ3n) is 4.52. The van der Waals surface area contributed by atoms with Gasteiger partial charge in [-0.25, -0.2) is 0 Å². The smallest absolute Gasteiger partial charge is 0.171 e. The highest BCUT2D eigenvalue weighted by Gasteiger charge is 2.46. The van der Waals surface area contributed by atoms with E-state index in [2.05, 4.69) is 20.8 Å². The van der Waals surface area contributed by atoms with E-state index in [1.54, 1.807) is 7.11 Å². The third-order valence-corrected chi connectivity index (χ3v) is 4.52. The van der Waals surface area contributed by atoms with E-state index in [4.69, 9.17) is 18.9 Å². The van der Waals surface area contributed by atoms with E-state index >= 15 is 0 Å². The lowest BCUT2D eigenvalue weighted by Gasteiger charge is -2.46. The molecule has 0 aromatic heterocycles. The van der Waals surface area contributed by atoms with Crippen molar-refractivity contribution in [3.8, 4) is 0 Å².